The van der Waals surface area contributed by atoms with Gasteiger partial charge >= 0.3 is 6.03 Å². The second-order valence-electron chi connectivity index (χ2n) is 7.17. The molecule has 0 bridgehead atoms. The molecule has 25 heavy (non-hydrogen) atoms. The minimum absolute atomic E-state index is 0.0516. The van der Waals surface area contributed by atoms with Crippen LogP contribution in [-0.2, 0) is 5.54 Å². The monoisotopic (exact) mass is 346 g/mol. The van der Waals surface area contributed by atoms with Crippen molar-refractivity contribution < 1.29 is 9.18 Å². The summed E-state index contributed by atoms with van der Waals surface area (Å²) in [5, 5.41) is 9.78. The fraction of sp³-hybridized carbons (Fsp3) is 0.471. The molecule has 1 aliphatic rings. The molecule has 1 fully saturated rings. The largest absolute Gasteiger partial charge is 0.367 e. The number of hydrogen-bond acceptors (Lipinski definition) is 4. The van der Waals surface area contributed by atoms with Gasteiger partial charge in [0.25, 0.3) is 0 Å². The van der Waals surface area contributed by atoms with Crippen molar-refractivity contribution in [3.05, 3.63) is 36.4 Å². The fourth-order valence-electron chi connectivity index (χ4n) is 2.77. The Morgan fingerprint density at radius 1 is 1.32 bits per heavy atom. The predicted molar refractivity (Wildman–Crippen MR) is 94.2 cm³/mol. The molecule has 1 aromatic carbocycles. The Labute approximate surface area is 146 Å². The number of anilines is 2. The van der Waals surface area contributed by atoms with E-state index in [1.807, 2.05) is 31.7 Å². The van der Waals surface area contributed by atoms with Gasteiger partial charge in [0.15, 0.2) is 0 Å². The second-order valence-corrected chi connectivity index (χ2v) is 7.17. The van der Waals surface area contributed by atoms with Crippen LogP contribution in [0.5, 0.6) is 0 Å². The Bertz CT molecular complexity index is 754. The molecule has 8 heteroatoms. The summed E-state index contributed by atoms with van der Waals surface area (Å²) in [5.74, 6) is 0.0147. The molecule has 1 saturated heterocycles. The zero-order chi connectivity index (χ0) is 18.0. The van der Waals surface area contributed by atoms with Gasteiger partial charge in [-0.05, 0) is 39.3 Å². The van der Waals surface area contributed by atoms with Crippen molar-refractivity contribution in [3.63, 3.8) is 0 Å². The lowest BCUT2D eigenvalue weighted by Gasteiger charge is -2.19. The number of amides is 2. The Hall–Kier alpha value is -2.64. The molecule has 1 atom stereocenters. The molecule has 1 unspecified atom stereocenters. The third kappa shape index (κ3) is 4.07. The van der Waals surface area contributed by atoms with E-state index in [4.69, 9.17) is 0 Å². The molecular formula is C17H23FN6O. The van der Waals surface area contributed by atoms with Gasteiger partial charge in [0.2, 0.25) is 5.95 Å². The van der Waals surface area contributed by atoms with Gasteiger partial charge in [0.1, 0.15) is 12.1 Å². The number of benzene rings is 1. The number of aromatic nitrogens is 3. The maximum atomic E-state index is 13.9. The van der Waals surface area contributed by atoms with Crippen LogP contribution in [0, 0.1) is 5.82 Å². The molecule has 2 aromatic rings. The molecule has 7 nitrogen and oxygen atoms in total. The van der Waals surface area contributed by atoms with Crippen LogP contribution in [0.1, 0.15) is 27.2 Å². The highest BCUT2D eigenvalue weighted by molar-refractivity contribution is 5.87. The van der Waals surface area contributed by atoms with Crippen molar-refractivity contribution in [1.82, 2.24) is 20.1 Å². The lowest BCUT2D eigenvalue weighted by Crippen LogP contribution is -2.40. The first kappa shape index (κ1) is 17.2. The standard InChI is InChI=1S/C17H23FN6O/c1-17(2,3)24-11-19-15(22-24)21-16(25)20-12-8-9-23(10-12)14-7-5-4-6-13(14)18/h4-7,11-12H,8-10H2,1-3H3,(H2,20,21,22,25). The van der Waals surface area contributed by atoms with Crippen molar-refractivity contribution in [2.45, 2.75) is 38.8 Å². The lowest BCUT2D eigenvalue weighted by molar-refractivity contribution is 0.249. The number of urea groups is 1. The lowest BCUT2D eigenvalue weighted by atomic mass is 10.1. The number of hydrogen-bond donors (Lipinski definition) is 2. The second kappa shape index (κ2) is 6.70. The zero-order valence-corrected chi connectivity index (χ0v) is 14.7. The summed E-state index contributed by atoms with van der Waals surface area (Å²) in [7, 11) is 0. The Balaban J connectivity index is 1.54. The number of nitrogens with one attached hydrogen (secondary N) is 2. The Morgan fingerprint density at radius 3 is 2.76 bits per heavy atom. The molecule has 0 radical (unpaired) electrons. The molecule has 0 spiro atoms. The van der Waals surface area contributed by atoms with Crippen molar-refractivity contribution >= 4 is 17.7 Å². The van der Waals surface area contributed by atoms with Crippen molar-refractivity contribution in [1.29, 1.82) is 0 Å². The topological polar surface area (TPSA) is 75.1 Å². The minimum atomic E-state index is -0.355. The van der Waals surface area contributed by atoms with E-state index in [1.54, 1.807) is 23.1 Å². The van der Waals surface area contributed by atoms with Crippen LogP contribution >= 0.6 is 0 Å². The number of carbonyl (C=O) groups excluding carboxylic acids is 1. The third-order valence-electron chi connectivity index (χ3n) is 4.12. The number of rotatable bonds is 3. The summed E-state index contributed by atoms with van der Waals surface area (Å²) in [5.41, 5.74) is 0.368. The van der Waals surface area contributed by atoms with Crippen molar-refractivity contribution in [2.75, 3.05) is 23.3 Å². The Morgan fingerprint density at radius 2 is 2.08 bits per heavy atom. The molecular weight excluding hydrogens is 323 g/mol. The number of para-hydroxylation sites is 1. The molecule has 134 valence electrons. The molecule has 0 aliphatic carbocycles. The van der Waals surface area contributed by atoms with E-state index in [0.29, 0.717) is 18.8 Å². The summed E-state index contributed by atoms with van der Waals surface area (Å²) in [6.45, 7) is 7.27. The van der Waals surface area contributed by atoms with Crippen LogP contribution in [0.25, 0.3) is 0 Å². The van der Waals surface area contributed by atoms with Gasteiger partial charge in [-0.15, -0.1) is 5.10 Å². The summed E-state index contributed by atoms with van der Waals surface area (Å²) < 4.78 is 15.5. The molecule has 2 heterocycles. The van der Waals surface area contributed by atoms with Crippen LogP contribution in [0.4, 0.5) is 20.8 Å². The number of halogens is 1. The van der Waals surface area contributed by atoms with Crippen molar-refractivity contribution in [2.24, 2.45) is 0 Å². The average molecular weight is 346 g/mol. The third-order valence-corrected chi connectivity index (χ3v) is 4.12. The van der Waals surface area contributed by atoms with E-state index >= 15 is 0 Å². The van der Waals surface area contributed by atoms with E-state index in [0.717, 1.165) is 6.42 Å². The normalized spacial score (nSPS) is 17.6. The van der Waals surface area contributed by atoms with Gasteiger partial charge in [-0.3, -0.25) is 5.32 Å². The first-order valence-corrected chi connectivity index (χ1v) is 8.32. The highest BCUT2D eigenvalue weighted by Gasteiger charge is 2.26. The van der Waals surface area contributed by atoms with Gasteiger partial charge in [-0.25, -0.2) is 18.9 Å². The minimum Gasteiger partial charge on any atom is -0.367 e. The van der Waals surface area contributed by atoms with E-state index in [9.17, 15) is 9.18 Å². The van der Waals surface area contributed by atoms with E-state index in [2.05, 4.69) is 20.7 Å². The van der Waals surface area contributed by atoms with E-state index < -0.39 is 0 Å². The van der Waals surface area contributed by atoms with Crippen LogP contribution in [-0.4, -0.2) is 39.9 Å². The summed E-state index contributed by atoms with van der Waals surface area (Å²) in [4.78, 5) is 18.2. The van der Waals surface area contributed by atoms with Crippen LogP contribution < -0.4 is 15.5 Å². The van der Waals surface area contributed by atoms with Gasteiger partial charge < -0.3 is 10.2 Å². The Kier molecular flexibility index (Phi) is 4.61. The first-order chi connectivity index (χ1) is 11.8. The van der Waals surface area contributed by atoms with Gasteiger partial charge in [0.05, 0.1) is 11.2 Å². The first-order valence-electron chi connectivity index (χ1n) is 8.32. The van der Waals surface area contributed by atoms with Gasteiger partial charge in [0, 0.05) is 19.1 Å². The SMILES string of the molecule is CC(C)(C)n1cnc(NC(=O)NC2CCN(c3ccccc3F)C2)n1. The number of carbonyl (C=O) groups is 1. The van der Waals surface area contributed by atoms with E-state index in [-0.39, 0.29) is 29.4 Å². The predicted octanol–water partition coefficient (Wildman–Crippen LogP) is 2.57. The van der Waals surface area contributed by atoms with E-state index in [1.165, 1.54) is 6.07 Å². The highest BCUT2D eigenvalue weighted by atomic mass is 19.1. The summed E-state index contributed by atoms with van der Waals surface area (Å²) >= 11 is 0. The molecule has 2 N–H and O–H groups in total. The molecule has 0 saturated carbocycles. The summed E-state index contributed by atoms with van der Waals surface area (Å²) in [6, 6.07) is 6.27. The van der Waals surface area contributed by atoms with Crippen LogP contribution in [0.2, 0.25) is 0 Å². The number of nitrogens with zero attached hydrogens (tertiary/aromatic N) is 4. The van der Waals surface area contributed by atoms with Gasteiger partial charge in [-0.2, -0.15) is 0 Å². The van der Waals surface area contributed by atoms with Crippen molar-refractivity contribution in [3.8, 4) is 0 Å². The van der Waals surface area contributed by atoms with Gasteiger partial charge in [-0.1, -0.05) is 12.1 Å². The molecule has 1 aromatic heterocycles. The average Bonchev–Trinajstić information content (AvgIpc) is 3.17. The summed E-state index contributed by atoms with van der Waals surface area (Å²) in [6.07, 6.45) is 2.34. The van der Waals surface area contributed by atoms with Crippen LogP contribution in [0.3, 0.4) is 0 Å². The quantitative estimate of drug-likeness (QED) is 0.896. The van der Waals surface area contributed by atoms with Crippen LogP contribution in [0.15, 0.2) is 30.6 Å². The molecule has 3 rings (SSSR count). The maximum Gasteiger partial charge on any atom is 0.321 e. The smallest absolute Gasteiger partial charge is 0.321 e. The molecule has 2 amide bonds. The fourth-order valence-corrected chi connectivity index (χ4v) is 2.77. The molecule has 1 aliphatic heterocycles. The zero-order valence-electron chi connectivity index (χ0n) is 14.7. The highest BCUT2D eigenvalue weighted by Crippen LogP contribution is 2.23. The maximum absolute atomic E-state index is 13.9.